The summed E-state index contributed by atoms with van der Waals surface area (Å²) in [5, 5.41) is 4.33. The number of unbranched alkanes of at least 4 members (excludes halogenated alkanes) is 1. The van der Waals surface area contributed by atoms with E-state index in [2.05, 4.69) is 82.7 Å². The van der Waals surface area contributed by atoms with Crippen LogP contribution in [-0.2, 0) is 6.54 Å². The molecular formula is C29H58N2S. The highest BCUT2D eigenvalue weighted by atomic mass is 32.1. The van der Waals surface area contributed by atoms with Crippen LogP contribution in [0.25, 0.3) is 0 Å². The lowest BCUT2D eigenvalue weighted by Gasteiger charge is -2.24. The molecule has 1 N–H and O–H groups in total. The topological polar surface area (TPSA) is 15.3 Å². The van der Waals surface area contributed by atoms with Gasteiger partial charge in [-0.05, 0) is 103 Å². The number of nitrogens with zero attached hydrogens (tertiary/aromatic N) is 1. The van der Waals surface area contributed by atoms with E-state index in [0.717, 1.165) is 12.5 Å². The van der Waals surface area contributed by atoms with Gasteiger partial charge in [-0.3, -0.25) is 4.90 Å². The number of allylic oxidation sites excluding steroid dienone is 1. The maximum atomic E-state index is 4.27. The lowest BCUT2D eigenvalue weighted by molar-refractivity contribution is 0.257. The normalized spacial score (nSPS) is 9.19. The summed E-state index contributed by atoms with van der Waals surface area (Å²) in [4.78, 5) is 2.64. The minimum absolute atomic E-state index is 0.839. The quantitative estimate of drug-likeness (QED) is 0.222. The molecule has 1 aromatic carbocycles. The van der Waals surface area contributed by atoms with E-state index in [1.807, 2.05) is 41.8 Å². The highest BCUT2D eigenvalue weighted by Gasteiger charge is 2.09. The van der Waals surface area contributed by atoms with Gasteiger partial charge in [0, 0.05) is 6.54 Å². The molecule has 1 aromatic rings. The zero-order valence-electron chi connectivity index (χ0n) is 23.9. The van der Waals surface area contributed by atoms with E-state index in [0.29, 0.717) is 0 Å². The molecule has 32 heavy (non-hydrogen) atoms. The number of benzene rings is 1. The van der Waals surface area contributed by atoms with Crippen molar-refractivity contribution in [2.45, 2.75) is 101 Å². The van der Waals surface area contributed by atoms with Gasteiger partial charge in [-0.1, -0.05) is 83.5 Å². The predicted molar refractivity (Wildman–Crippen MR) is 156 cm³/mol. The van der Waals surface area contributed by atoms with Gasteiger partial charge in [0.1, 0.15) is 0 Å². The van der Waals surface area contributed by atoms with E-state index in [-0.39, 0.29) is 0 Å². The first kappa shape index (κ1) is 38.2. The van der Waals surface area contributed by atoms with Gasteiger partial charge in [0.15, 0.2) is 0 Å². The molecule has 0 fully saturated rings. The van der Waals surface area contributed by atoms with Crippen molar-refractivity contribution in [3.05, 3.63) is 47.0 Å². The van der Waals surface area contributed by atoms with Crippen LogP contribution in [0.1, 0.15) is 96.4 Å². The van der Waals surface area contributed by atoms with E-state index >= 15 is 0 Å². The van der Waals surface area contributed by atoms with Gasteiger partial charge >= 0.3 is 0 Å². The van der Waals surface area contributed by atoms with Crippen LogP contribution in [0.15, 0.2) is 24.8 Å². The third-order valence-electron chi connectivity index (χ3n) is 4.36. The average molecular weight is 467 g/mol. The Bertz CT molecular complexity index is 518. The molecule has 0 aliphatic heterocycles. The van der Waals surface area contributed by atoms with Gasteiger partial charge in [0.2, 0.25) is 0 Å². The van der Waals surface area contributed by atoms with Crippen molar-refractivity contribution in [1.82, 2.24) is 10.2 Å². The Morgan fingerprint density at radius 2 is 1.50 bits per heavy atom. The van der Waals surface area contributed by atoms with Crippen molar-refractivity contribution in [3.63, 3.8) is 0 Å². The first-order valence-electron chi connectivity index (χ1n) is 12.5. The Hall–Kier alpha value is -1.03. The van der Waals surface area contributed by atoms with Crippen molar-refractivity contribution in [1.29, 1.82) is 0 Å². The first-order chi connectivity index (χ1) is 15.2. The van der Waals surface area contributed by atoms with Crippen LogP contribution >= 0.6 is 12.2 Å². The average Bonchev–Trinajstić information content (AvgIpc) is 2.72. The summed E-state index contributed by atoms with van der Waals surface area (Å²) in [5.74, 6) is 0.839. The lowest BCUT2D eigenvalue weighted by atomic mass is 9.99. The number of thiocarbonyl (C=S) groups is 1. The molecule has 0 aromatic heterocycles. The zero-order valence-corrected chi connectivity index (χ0v) is 24.7. The molecule has 0 aliphatic carbocycles. The maximum absolute atomic E-state index is 4.27. The molecule has 0 saturated heterocycles. The highest BCUT2D eigenvalue weighted by Crippen LogP contribution is 2.18. The maximum Gasteiger partial charge on any atom is 0.0236 e. The van der Waals surface area contributed by atoms with Crippen molar-refractivity contribution >= 4 is 17.6 Å². The van der Waals surface area contributed by atoms with Crippen molar-refractivity contribution in [2.75, 3.05) is 27.2 Å². The summed E-state index contributed by atoms with van der Waals surface area (Å²) in [6.07, 6.45) is 7.06. The molecule has 0 saturated carbocycles. The molecule has 0 atom stereocenters. The van der Waals surface area contributed by atoms with Gasteiger partial charge < -0.3 is 5.32 Å². The Morgan fingerprint density at radius 1 is 1.03 bits per heavy atom. The summed E-state index contributed by atoms with van der Waals surface area (Å²) in [5.41, 5.74) is 5.82. The zero-order chi connectivity index (χ0) is 25.9. The van der Waals surface area contributed by atoms with Gasteiger partial charge in [-0.25, -0.2) is 0 Å². The summed E-state index contributed by atoms with van der Waals surface area (Å²) in [6.45, 7) is 28.3. The Morgan fingerprint density at radius 3 is 1.91 bits per heavy atom. The Balaban J connectivity index is -0.000000301. The monoisotopic (exact) mass is 466 g/mol. The third kappa shape index (κ3) is 27.0. The summed E-state index contributed by atoms with van der Waals surface area (Å²) >= 11 is 4.27. The standard InChI is InChI=1S/C20H35N.C3H6.C2H7N.C2H4S.C2H6/c1-7-11-21(12-9-8-10-16(2)3)15-20-14-17(4)13-18(5)19(20)6;2*1-3-2;1-2-3;1-2/h13-14,16H,7-12,15H2,1-6H3;3H,1H2,2H3;3H,1-2H3;2H,1H3;1-2H3. The fourth-order valence-corrected chi connectivity index (χ4v) is 3.01. The SMILES string of the molecule is C=CC.CC.CC=S.CCCN(CCCCC(C)C)Cc1cc(C)cc(C)c1C.CNC. The largest absolute Gasteiger partial charge is 0.323 e. The number of rotatable bonds is 9. The molecule has 190 valence electrons. The number of hydrogen-bond acceptors (Lipinski definition) is 3. The van der Waals surface area contributed by atoms with Crippen LogP contribution in [0.4, 0.5) is 0 Å². The molecule has 0 aliphatic rings. The minimum atomic E-state index is 0.839. The molecule has 3 heteroatoms. The smallest absolute Gasteiger partial charge is 0.0236 e. The second-order valence-corrected chi connectivity index (χ2v) is 8.65. The molecule has 0 spiro atoms. The molecule has 0 radical (unpaired) electrons. The Labute approximate surface area is 209 Å². The molecule has 1 rings (SSSR count). The summed E-state index contributed by atoms with van der Waals surface area (Å²) < 4.78 is 0. The van der Waals surface area contributed by atoms with Crippen LogP contribution < -0.4 is 5.32 Å². The molecule has 0 bridgehead atoms. The van der Waals surface area contributed by atoms with E-state index in [9.17, 15) is 0 Å². The molecule has 0 amide bonds. The fourth-order valence-electron chi connectivity index (χ4n) is 3.01. The van der Waals surface area contributed by atoms with Crippen LogP contribution in [0, 0.1) is 26.7 Å². The molecule has 2 nitrogen and oxygen atoms in total. The third-order valence-corrected chi connectivity index (χ3v) is 4.36. The van der Waals surface area contributed by atoms with Crippen molar-refractivity contribution in [3.8, 4) is 0 Å². The van der Waals surface area contributed by atoms with Gasteiger partial charge in [0.25, 0.3) is 0 Å². The second-order valence-electron chi connectivity index (χ2n) is 8.18. The van der Waals surface area contributed by atoms with E-state index in [4.69, 9.17) is 0 Å². The van der Waals surface area contributed by atoms with Gasteiger partial charge in [-0.2, -0.15) is 0 Å². The van der Waals surface area contributed by atoms with E-state index in [1.54, 1.807) is 11.4 Å². The molecular weight excluding hydrogens is 408 g/mol. The van der Waals surface area contributed by atoms with Crippen LogP contribution in [-0.4, -0.2) is 37.5 Å². The van der Waals surface area contributed by atoms with Crippen LogP contribution in [0.5, 0.6) is 0 Å². The van der Waals surface area contributed by atoms with Crippen molar-refractivity contribution < 1.29 is 0 Å². The highest BCUT2D eigenvalue weighted by molar-refractivity contribution is 7.78. The number of nitrogens with one attached hydrogen (secondary N) is 1. The van der Waals surface area contributed by atoms with Gasteiger partial charge in [-0.15, -0.1) is 6.58 Å². The predicted octanol–water partition coefficient (Wildman–Crippen LogP) is 8.71. The molecule has 0 unspecified atom stereocenters. The molecule has 0 heterocycles. The van der Waals surface area contributed by atoms with E-state index in [1.165, 1.54) is 61.0 Å². The number of aryl methyl sites for hydroxylation is 2. The second kappa shape index (κ2) is 30.0. The number of hydrogen-bond donors (Lipinski definition) is 1. The minimum Gasteiger partial charge on any atom is -0.323 e. The van der Waals surface area contributed by atoms with E-state index < -0.39 is 0 Å². The first-order valence-corrected chi connectivity index (χ1v) is 13.0. The summed E-state index contributed by atoms with van der Waals surface area (Å²) in [6, 6.07) is 4.67. The van der Waals surface area contributed by atoms with Crippen molar-refractivity contribution in [2.24, 2.45) is 5.92 Å². The van der Waals surface area contributed by atoms with Gasteiger partial charge in [0.05, 0.1) is 0 Å². The van der Waals surface area contributed by atoms with Crippen LogP contribution in [0.2, 0.25) is 0 Å². The Kier molecular flexibility index (Phi) is 35.8. The fraction of sp³-hybridized carbons (Fsp3) is 0.690. The lowest BCUT2D eigenvalue weighted by Crippen LogP contribution is -2.26. The summed E-state index contributed by atoms with van der Waals surface area (Å²) in [7, 11) is 3.75. The van der Waals surface area contributed by atoms with Crippen LogP contribution in [0.3, 0.4) is 0 Å².